The highest BCUT2D eigenvalue weighted by Gasteiger charge is 2.65. The Balaban J connectivity index is 1.38. The van der Waals surface area contributed by atoms with Crippen molar-refractivity contribution < 1.29 is 56.3 Å². The number of methoxy groups -OCH3 is 3. The first-order chi connectivity index (χ1) is 34.9. The first-order valence-corrected chi connectivity index (χ1v) is 33.2. The van der Waals surface area contributed by atoms with Gasteiger partial charge < -0.3 is 51.5 Å². The predicted molar refractivity (Wildman–Crippen MR) is 305 cm³/mol. The third-order valence-corrected chi connectivity index (χ3v) is 27.2. The Kier molecular flexibility index (Phi) is 22.8. The maximum atomic E-state index is 12.3. The summed E-state index contributed by atoms with van der Waals surface area (Å²) in [5.41, 5.74) is 1.86. The molecule has 0 spiro atoms. The van der Waals surface area contributed by atoms with Crippen LogP contribution in [0.2, 0.25) is 28.2 Å². The van der Waals surface area contributed by atoms with Crippen LogP contribution < -0.4 is 4.74 Å². The van der Waals surface area contributed by atoms with Gasteiger partial charge in [0.05, 0.1) is 81.4 Å². The summed E-state index contributed by atoms with van der Waals surface area (Å²) in [6.07, 6.45) is 14.6. The van der Waals surface area contributed by atoms with Crippen LogP contribution in [0.15, 0.2) is 60.2 Å². The van der Waals surface area contributed by atoms with Crippen LogP contribution in [0.1, 0.15) is 173 Å². The highest BCUT2D eigenvalue weighted by Crippen LogP contribution is 2.58. The van der Waals surface area contributed by atoms with E-state index in [1.54, 1.807) is 13.2 Å². The van der Waals surface area contributed by atoms with Crippen molar-refractivity contribution in [3.63, 3.8) is 0 Å². The molecule has 1 N–H and O–H groups in total. The number of ether oxygens (including phenoxy) is 7. The van der Waals surface area contributed by atoms with E-state index in [-0.39, 0.29) is 106 Å². The monoisotopic (exact) mass is 1080 g/mol. The average molecular weight is 1090 g/mol. The molecular weight excluding hydrogens is 981 g/mol. The van der Waals surface area contributed by atoms with Crippen LogP contribution in [0.5, 0.6) is 5.75 Å². The van der Waals surface area contributed by atoms with E-state index in [9.17, 15) is 9.90 Å². The molecule has 3 saturated heterocycles. The minimum absolute atomic E-state index is 0.0249. The van der Waals surface area contributed by atoms with Gasteiger partial charge in [0, 0.05) is 65.8 Å². The molecule has 0 radical (unpaired) electrons. The molecule has 0 amide bonds. The van der Waals surface area contributed by atoms with Crippen molar-refractivity contribution in [2.24, 2.45) is 23.7 Å². The number of carbonyl (C=O) groups excluding carboxylic acids is 1. The number of aliphatic hydroxyl groups excluding tert-OH is 1. The molecule has 1 aromatic carbocycles. The normalized spacial score (nSPS) is 31.4. The Labute approximate surface area is 457 Å². The fourth-order valence-electron chi connectivity index (χ4n) is 12.0. The van der Waals surface area contributed by atoms with Crippen LogP contribution in [-0.2, 0) is 46.5 Å². The number of allylic oxidation sites excluding steroid dienone is 2. The quantitative estimate of drug-likeness (QED) is 0.0414. The van der Waals surface area contributed by atoms with E-state index in [4.69, 9.17) is 46.4 Å². The first kappa shape index (κ1) is 63.6. The molecule has 16 atom stereocenters. The van der Waals surface area contributed by atoms with Gasteiger partial charge >= 0.3 is 14.5 Å². The fourth-order valence-corrected chi connectivity index (χ4v) is 18.7. The Bertz CT molecular complexity index is 2000. The van der Waals surface area contributed by atoms with Crippen LogP contribution in [-0.4, -0.2) is 116 Å². The molecule has 75 heavy (non-hydrogen) atoms. The number of benzene rings is 1. The lowest BCUT2D eigenvalue weighted by atomic mass is 9.78. The van der Waals surface area contributed by atoms with Gasteiger partial charge in [-0.05, 0) is 88.6 Å². The lowest BCUT2D eigenvalue weighted by Crippen LogP contribution is -2.68. The van der Waals surface area contributed by atoms with Crippen molar-refractivity contribution in [2.75, 3.05) is 21.3 Å². The number of rotatable bonds is 21. The molecular formula is C61H104O12Si2. The van der Waals surface area contributed by atoms with Crippen LogP contribution >= 0.6 is 0 Å². The smallest absolute Gasteiger partial charge is 0.349 e. The van der Waals surface area contributed by atoms with Gasteiger partial charge in [-0.15, -0.1) is 0 Å². The predicted octanol–water partition coefficient (Wildman–Crippen LogP) is 13.9. The Morgan fingerprint density at radius 3 is 2.07 bits per heavy atom. The summed E-state index contributed by atoms with van der Waals surface area (Å²) in [6.45, 7) is 38.4. The standard InChI is InChI=1S/C61H104O12Si2/c1-39(25-33-55(63)66-18)24-29-50(71-74(19,20)59(7,8)9)35-47-22-21-23-48(68-47)37-52(62)42(4)53-38-54(70-58(69-53)45-27-31-46(64-16)32-28-45)43(5)57-44(6)56(72-75(73-57,60(10,11)12)61(13,14)15)40(2)26-30-49-36-51(65-17)34-41(3)67-49/h21-22,24-25,27-28,31-33,40-44,47-54,56-58,62H,23,26,29-30,34-38H2,1-20H3/b33-25+,39-24+/t40-,41-,42+,43-,44-,47-,48-,49-,50-,51+,52+,53-,54+,56-,57-,58+/m0/s1. The highest BCUT2D eigenvalue weighted by molar-refractivity contribution is 6.74. The van der Waals surface area contributed by atoms with Gasteiger partial charge in [0.1, 0.15) is 5.75 Å². The van der Waals surface area contributed by atoms with E-state index in [1.165, 1.54) is 13.2 Å². The average Bonchev–Trinajstić information content (AvgIpc) is 3.34. The van der Waals surface area contributed by atoms with Gasteiger partial charge in [0.2, 0.25) is 0 Å². The van der Waals surface area contributed by atoms with Crippen LogP contribution in [0, 0.1) is 23.7 Å². The fraction of sp³-hybridized carbons (Fsp3) is 0.787. The van der Waals surface area contributed by atoms with Crippen LogP contribution in [0.4, 0.5) is 0 Å². The van der Waals surface area contributed by atoms with Crippen molar-refractivity contribution in [3.8, 4) is 5.75 Å². The van der Waals surface area contributed by atoms with Gasteiger partial charge in [0.15, 0.2) is 14.6 Å². The van der Waals surface area contributed by atoms with Gasteiger partial charge in [0.25, 0.3) is 0 Å². The lowest BCUT2D eigenvalue weighted by Gasteiger charge is -2.59. The third kappa shape index (κ3) is 16.7. The van der Waals surface area contributed by atoms with E-state index >= 15 is 0 Å². The minimum atomic E-state index is -3.01. The van der Waals surface area contributed by atoms with Crippen LogP contribution in [0.25, 0.3) is 0 Å². The zero-order chi connectivity index (χ0) is 55.8. The summed E-state index contributed by atoms with van der Waals surface area (Å²) < 4.78 is 66.0. The van der Waals surface area contributed by atoms with E-state index in [1.807, 2.05) is 38.3 Å². The molecule has 12 nitrogen and oxygen atoms in total. The summed E-state index contributed by atoms with van der Waals surface area (Å²) in [5.74, 6) is 0.441. The van der Waals surface area contributed by atoms with Crippen molar-refractivity contribution in [1.82, 2.24) is 0 Å². The second kappa shape index (κ2) is 26.8. The molecule has 14 heteroatoms. The first-order valence-electron chi connectivity index (χ1n) is 28.5. The number of hydrogen-bond donors (Lipinski definition) is 1. The minimum Gasteiger partial charge on any atom is -0.497 e. The Morgan fingerprint density at radius 1 is 0.827 bits per heavy atom. The summed E-state index contributed by atoms with van der Waals surface area (Å²) in [7, 11) is -0.282. The molecule has 0 bridgehead atoms. The summed E-state index contributed by atoms with van der Waals surface area (Å²) in [6, 6.07) is 7.93. The van der Waals surface area contributed by atoms with Crippen molar-refractivity contribution in [1.29, 1.82) is 0 Å². The van der Waals surface area contributed by atoms with Crippen molar-refractivity contribution >= 4 is 22.8 Å². The van der Waals surface area contributed by atoms with Gasteiger partial charge in [-0.1, -0.05) is 132 Å². The van der Waals surface area contributed by atoms with Crippen LogP contribution in [0.3, 0.4) is 0 Å². The molecule has 0 unspecified atom stereocenters. The SMILES string of the molecule is COC(=O)/C=C/C(C)=C/C[C@@H](C[C@@H]1C=CC[C@@H](C[C@@H](O)[C@@H](C)[C@@H]2C[C@H]([C@H](C)[C@@H]3O[Si](C(C)(C)C)(C(C)(C)C)O[C@@H]([C@@H](C)CC[C@H]4C[C@H](OC)C[C@H](C)O4)[C@@H]3C)O[C@H](c3ccc(OC)cc3)O2)O1)O[Si](C)(C)C(C)(C)C. The zero-order valence-corrected chi connectivity index (χ0v) is 52.2. The van der Waals surface area contributed by atoms with Crippen molar-refractivity contribution in [3.05, 3.63) is 65.8 Å². The van der Waals surface area contributed by atoms with Gasteiger partial charge in [-0.25, -0.2) is 4.79 Å². The molecule has 4 aliphatic rings. The molecule has 0 saturated carbocycles. The van der Waals surface area contributed by atoms with E-state index < -0.39 is 29.3 Å². The Morgan fingerprint density at radius 2 is 1.47 bits per heavy atom. The zero-order valence-electron chi connectivity index (χ0n) is 50.2. The van der Waals surface area contributed by atoms with Crippen molar-refractivity contribution in [2.45, 2.75) is 263 Å². The van der Waals surface area contributed by atoms with E-state index in [2.05, 4.69) is 128 Å². The molecule has 0 aromatic heterocycles. The molecule has 4 aliphatic heterocycles. The maximum absolute atomic E-state index is 12.3. The molecule has 5 rings (SSSR count). The number of hydrogen-bond acceptors (Lipinski definition) is 12. The number of carbonyl (C=O) groups is 1. The second-order valence-corrected chi connectivity index (χ2v) is 36.0. The summed E-state index contributed by atoms with van der Waals surface area (Å²) in [5, 5.41) is 11.9. The Hall–Kier alpha value is -2.22. The molecule has 428 valence electrons. The summed E-state index contributed by atoms with van der Waals surface area (Å²) in [4.78, 5) is 11.8. The topological polar surface area (TPSA) is 130 Å². The van der Waals surface area contributed by atoms with E-state index in [0.29, 0.717) is 32.1 Å². The number of aliphatic hydroxyl groups is 1. The molecule has 1 aromatic rings. The summed E-state index contributed by atoms with van der Waals surface area (Å²) >= 11 is 0. The molecule has 0 aliphatic carbocycles. The largest absolute Gasteiger partial charge is 0.497 e. The highest BCUT2D eigenvalue weighted by atomic mass is 28.4. The third-order valence-electron chi connectivity index (χ3n) is 17.5. The maximum Gasteiger partial charge on any atom is 0.349 e. The molecule has 3 fully saturated rings. The van der Waals surface area contributed by atoms with Gasteiger partial charge in [-0.2, -0.15) is 0 Å². The van der Waals surface area contributed by atoms with Gasteiger partial charge in [-0.3, -0.25) is 0 Å². The molecule has 4 heterocycles. The second-order valence-electron chi connectivity index (χ2n) is 26.5. The lowest BCUT2D eigenvalue weighted by molar-refractivity contribution is -0.279. The van der Waals surface area contributed by atoms with E-state index in [0.717, 1.165) is 42.6 Å². The number of esters is 1.